The topological polar surface area (TPSA) is 75.3 Å². The Kier molecular flexibility index (Phi) is 5.44. The molecule has 5 rings (SSSR count). The minimum atomic E-state index is -0.921. The number of thiazole rings is 1. The molecule has 168 valence electrons. The second-order valence-electron chi connectivity index (χ2n) is 7.69. The summed E-state index contributed by atoms with van der Waals surface area (Å²) in [4.78, 5) is 25.5. The Hall–Kier alpha value is -4.07. The molecule has 0 bridgehead atoms. The van der Waals surface area contributed by atoms with Gasteiger partial charge in [-0.1, -0.05) is 11.4 Å². The minimum Gasteiger partial charge on any atom is -0.420 e. The number of rotatable bonds is 3. The van der Waals surface area contributed by atoms with Crippen molar-refractivity contribution < 1.29 is 13.6 Å². The number of nitrogen functional groups attached to an aromatic ring is 1. The Morgan fingerprint density at radius 3 is 2.78 bits per heavy atom. The molecule has 1 atom stereocenters. The van der Waals surface area contributed by atoms with Crippen LogP contribution in [0.25, 0.3) is 10.6 Å². The summed E-state index contributed by atoms with van der Waals surface area (Å²) in [5, 5.41) is 0.412. The van der Waals surface area contributed by atoms with Crippen molar-refractivity contribution in [2.75, 3.05) is 35.2 Å². The first kappa shape index (κ1) is 21.2. The van der Waals surface area contributed by atoms with Crippen molar-refractivity contribution in [2.24, 2.45) is 0 Å². The van der Waals surface area contributed by atoms with Crippen LogP contribution in [-0.2, 0) is 6.42 Å². The first-order chi connectivity index (χ1) is 15.0. The quantitative estimate of drug-likeness (QED) is 0.257. The predicted molar refractivity (Wildman–Crippen MR) is 117 cm³/mol. The number of amides is 1. The van der Waals surface area contributed by atoms with Crippen LogP contribution in [0.4, 0.5) is 26.0 Å². The molecule has 1 aromatic carbocycles. The summed E-state index contributed by atoms with van der Waals surface area (Å²) in [6, 6.07) is 11.6. The van der Waals surface area contributed by atoms with Crippen molar-refractivity contribution in [3.63, 3.8) is 0 Å². The van der Waals surface area contributed by atoms with Gasteiger partial charge in [-0.2, -0.15) is 10.5 Å². The number of nitrogens with two attached hydrogens (primary N) is 1. The van der Waals surface area contributed by atoms with Gasteiger partial charge in [-0.15, -0.1) is 29.5 Å². The van der Waals surface area contributed by atoms with Gasteiger partial charge in [0.05, 0.1) is 17.8 Å². The van der Waals surface area contributed by atoms with Crippen molar-refractivity contribution in [2.45, 2.75) is 25.4 Å². The molecule has 32 heavy (non-hydrogen) atoms. The molecule has 3 aromatic rings. The number of fused-ring (bicyclic) bond motifs is 1. The van der Waals surface area contributed by atoms with Crippen molar-refractivity contribution in [1.82, 2.24) is 9.97 Å². The fourth-order valence-corrected chi connectivity index (χ4v) is 5.07. The Labute approximate surface area is 182 Å². The summed E-state index contributed by atoms with van der Waals surface area (Å²) >= 11 is 1.15. The number of carbonyl (C=O) groups excluding carboxylic acids is 1. The van der Waals surface area contributed by atoms with Crippen LogP contribution in [0.2, 0.25) is 0 Å². The molecule has 0 spiro atoms. The fourth-order valence-electron chi connectivity index (χ4n) is 4.00. The average molecular weight is 687 g/mol. The number of benzene rings is 1. The number of aromatic nitrogens is 2. The van der Waals surface area contributed by atoms with Crippen LogP contribution in [0.3, 0.4) is 0 Å². The number of pyridine rings is 1. The molecule has 6 nitrogen and oxygen atoms in total. The number of anilines is 3. The van der Waals surface area contributed by atoms with Gasteiger partial charge < -0.3 is 15.5 Å². The van der Waals surface area contributed by atoms with Crippen molar-refractivity contribution in [1.29, 1.82) is 0 Å². The molecule has 1 unspecified atom stereocenters. The van der Waals surface area contributed by atoms with Crippen LogP contribution >= 0.6 is 11.3 Å². The van der Waals surface area contributed by atoms with E-state index in [1.165, 1.54) is 0 Å². The summed E-state index contributed by atoms with van der Waals surface area (Å²) in [7, 11) is 0. The van der Waals surface area contributed by atoms with Gasteiger partial charge in [-0.05, 0) is 25.0 Å². The first-order valence-corrected chi connectivity index (χ1v) is 11.0. The van der Waals surface area contributed by atoms with Gasteiger partial charge in [0.25, 0.3) is 5.91 Å². The van der Waals surface area contributed by atoms with E-state index in [4.69, 9.17) is 5.73 Å². The van der Waals surface area contributed by atoms with E-state index in [-0.39, 0.29) is 18.0 Å². The van der Waals surface area contributed by atoms with Crippen molar-refractivity contribution in [3.05, 3.63) is 52.9 Å². The second kappa shape index (κ2) is 8.22. The van der Waals surface area contributed by atoms with Gasteiger partial charge in [0.15, 0.2) is 0 Å². The standard InChI is InChI=1S/C22H20F2N5OS.Cm/c23-13-3-2-9-28(12-13)18-7-6-16(20(24)27-18)21-26-17-8-10-29(22(30)19(17)31-21)15-5-1-4-14(25)11-15;/h1,4-7,13H,2-3,8-10,12,25H2;/q-1;. The van der Waals surface area contributed by atoms with Crippen molar-refractivity contribution in [3.8, 4) is 10.6 Å². The molecule has 0 aliphatic carbocycles. The van der Waals surface area contributed by atoms with Crippen LogP contribution in [0.15, 0.2) is 30.3 Å². The van der Waals surface area contributed by atoms with Gasteiger partial charge >= 0.3 is 0 Å². The van der Waals surface area contributed by atoms with Crippen LogP contribution in [-0.4, -0.2) is 41.7 Å². The van der Waals surface area contributed by atoms with Gasteiger partial charge in [0.1, 0.15) is 21.9 Å². The summed E-state index contributed by atoms with van der Waals surface area (Å²) in [5.41, 5.74) is 7.77. The molecule has 4 heterocycles. The maximum absolute atomic E-state index is 14.9. The smallest absolute Gasteiger partial charge is 0.268 e. The van der Waals surface area contributed by atoms with E-state index in [0.29, 0.717) is 65.1 Å². The average Bonchev–Trinajstić information content (AvgIpc) is 3.19. The monoisotopic (exact) mass is 683 g/mol. The third kappa shape index (κ3) is 3.71. The van der Waals surface area contributed by atoms with Crippen molar-refractivity contribution >= 4 is 34.4 Å². The molecule has 1 amide bonds. The van der Waals surface area contributed by atoms with Crippen LogP contribution in [0.1, 0.15) is 28.2 Å². The number of piperidine rings is 1. The SMILES string of the molecule is Nc1[c-]c(N2CCc3nc(-c4ccc(N5CCCC(F)C5)nc4F)sc3C2=O)ccc1.[Cm]. The summed E-state index contributed by atoms with van der Waals surface area (Å²) in [5.74, 6) is -0.443. The van der Waals surface area contributed by atoms with E-state index in [0.717, 1.165) is 11.3 Å². The zero-order valence-electron chi connectivity index (χ0n) is 17.0. The molecular weight excluding hydrogens is 667 g/mol. The summed E-state index contributed by atoms with van der Waals surface area (Å²) in [6.45, 7) is 1.33. The number of halogens is 2. The number of nitrogens with zero attached hydrogens (tertiary/aromatic N) is 4. The van der Waals surface area contributed by atoms with Gasteiger partial charge in [-0.25, -0.2) is 14.4 Å². The second-order valence-corrected chi connectivity index (χ2v) is 8.69. The van der Waals surface area contributed by atoms with E-state index < -0.39 is 12.1 Å². The van der Waals surface area contributed by atoms with Gasteiger partial charge in [0, 0.05) is 19.5 Å². The number of carbonyl (C=O) groups is 1. The minimum absolute atomic E-state index is 0. The number of hydrogen-bond acceptors (Lipinski definition) is 6. The van der Waals surface area contributed by atoms with Crippen LogP contribution in [0, 0.1) is 12.0 Å². The molecule has 1 saturated heterocycles. The Morgan fingerprint density at radius 1 is 1.19 bits per heavy atom. The molecule has 2 aromatic heterocycles. The van der Waals surface area contributed by atoms with E-state index in [1.54, 1.807) is 40.1 Å². The molecule has 2 N–H and O–H groups in total. The van der Waals surface area contributed by atoms with Crippen LogP contribution in [0.5, 0.6) is 0 Å². The summed E-state index contributed by atoms with van der Waals surface area (Å²) < 4.78 is 28.5. The Morgan fingerprint density at radius 2 is 2.03 bits per heavy atom. The Bertz CT molecular complexity index is 1160. The molecule has 0 radical (unpaired) electrons. The maximum atomic E-state index is 14.9. The molecule has 2 aliphatic heterocycles. The first-order valence-electron chi connectivity index (χ1n) is 10.1. The third-order valence-corrected chi connectivity index (χ3v) is 6.67. The van der Waals surface area contributed by atoms with E-state index in [9.17, 15) is 13.6 Å². The van der Waals surface area contributed by atoms with E-state index >= 15 is 0 Å². The Balaban J connectivity index is 0.00000245. The maximum Gasteiger partial charge on any atom is 0.268 e. The fraction of sp³-hybridized carbons (Fsp3) is 0.318. The zero-order chi connectivity index (χ0) is 21.5. The molecule has 10 heteroatoms. The predicted octanol–water partition coefficient (Wildman–Crippen LogP) is 3.87. The molecule has 2 aliphatic rings. The normalized spacial score (nSPS) is 18.3. The molecular formula is C22H20CmF2N5OS-. The third-order valence-electron chi connectivity index (χ3n) is 5.55. The van der Waals surface area contributed by atoms with Crippen LogP contribution < -0.4 is 15.5 Å². The van der Waals surface area contributed by atoms with E-state index in [2.05, 4.69) is 16.0 Å². The molecule has 1 fully saturated rings. The number of alkyl halides is 1. The molecule has 0 saturated carbocycles. The van der Waals surface area contributed by atoms with Gasteiger partial charge in [0.2, 0.25) is 5.95 Å². The largest absolute Gasteiger partial charge is 0.420 e. The number of hydrogen-bond donors (Lipinski definition) is 1. The van der Waals surface area contributed by atoms with Gasteiger partial charge in [-0.3, -0.25) is 4.79 Å². The van der Waals surface area contributed by atoms with E-state index in [1.807, 2.05) is 0 Å². The zero-order valence-corrected chi connectivity index (χ0v) is 20.8. The summed E-state index contributed by atoms with van der Waals surface area (Å²) in [6.07, 6.45) is 0.878.